The Bertz CT molecular complexity index is 3550. The van der Waals surface area contributed by atoms with Crippen molar-refractivity contribution in [3.63, 3.8) is 0 Å². The van der Waals surface area contributed by atoms with Crippen LogP contribution in [-0.4, -0.2) is 4.57 Å². The first-order chi connectivity index (χ1) is 31.2. The summed E-state index contributed by atoms with van der Waals surface area (Å²) in [6.07, 6.45) is 0. The van der Waals surface area contributed by atoms with E-state index in [4.69, 9.17) is 4.42 Å². The molecule has 0 aliphatic heterocycles. The predicted octanol–water partition coefficient (Wildman–Crippen LogP) is 16.8. The lowest BCUT2D eigenvalue weighted by Crippen LogP contribution is -2.09. The molecule has 12 aromatic rings. The van der Waals surface area contributed by atoms with Gasteiger partial charge in [-0.1, -0.05) is 170 Å². The molecule has 3 heteroatoms. The van der Waals surface area contributed by atoms with Crippen LogP contribution in [0.2, 0.25) is 0 Å². The molecule has 63 heavy (non-hydrogen) atoms. The summed E-state index contributed by atoms with van der Waals surface area (Å²) in [4.78, 5) is 2.33. The zero-order chi connectivity index (χ0) is 41.7. The second kappa shape index (κ2) is 15.3. The van der Waals surface area contributed by atoms with E-state index in [-0.39, 0.29) is 0 Å². The highest BCUT2D eigenvalue weighted by molar-refractivity contribution is 6.10. The topological polar surface area (TPSA) is 21.3 Å². The molecular weight excluding hydrogens is 765 g/mol. The highest BCUT2D eigenvalue weighted by Gasteiger charge is 2.17. The minimum atomic E-state index is 0.904. The third kappa shape index (κ3) is 6.46. The number of benzene rings is 10. The molecule has 0 fully saturated rings. The van der Waals surface area contributed by atoms with Crippen LogP contribution in [0.15, 0.2) is 247 Å². The summed E-state index contributed by atoms with van der Waals surface area (Å²) >= 11 is 0. The van der Waals surface area contributed by atoms with Gasteiger partial charge in [-0.15, -0.1) is 0 Å². The normalized spacial score (nSPS) is 11.5. The Balaban J connectivity index is 0.890. The van der Waals surface area contributed by atoms with Crippen molar-refractivity contribution in [2.45, 2.75) is 0 Å². The Kier molecular flexibility index (Phi) is 8.83. The van der Waals surface area contributed by atoms with Crippen LogP contribution < -0.4 is 4.90 Å². The molecule has 0 aliphatic carbocycles. The molecule has 0 amide bonds. The Hall–Kier alpha value is -8.40. The summed E-state index contributed by atoms with van der Waals surface area (Å²) in [5, 5.41) is 4.79. The number of fused-ring (bicyclic) bond motifs is 6. The molecule has 0 bridgehead atoms. The molecule has 0 saturated heterocycles. The first-order valence-electron chi connectivity index (χ1n) is 21.5. The number of hydrogen-bond acceptors (Lipinski definition) is 2. The predicted molar refractivity (Wildman–Crippen MR) is 264 cm³/mol. The summed E-state index contributed by atoms with van der Waals surface area (Å²) in [7, 11) is 0. The van der Waals surface area contributed by atoms with Crippen LogP contribution in [0.25, 0.3) is 93.9 Å². The van der Waals surface area contributed by atoms with Crippen LogP contribution in [0.4, 0.5) is 17.1 Å². The van der Waals surface area contributed by atoms with Crippen LogP contribution >= 0.6 is 0 Å². The van der Waals surface area contributed by atoms with Gasteiger partial charge in [-0.05, 0) is 112 Å². The van der Waals surface area contributed by atoms with E-state index in [1.54, 1.807) is 0 Å². The van der Waals surface area contributed by atoms with Crippen LogP contribution in [0.5, 0.6) is 0 Å². The maximum atomic E-state index is 6.42. The highest BCUT2D eigenvalue weighted by atomic mass is 16.3. The van der Waals surface area contributed by atoms with Gasteiger partial charge in [-0.3, -0.25) is 0 Å². The van der Waals surface area contributed by atoms with Crippen molar-refractivity contribution in [2.75, 3.05) is 4.90 Å². The van der Waals surface area contributed by atoms with Gasteiger partial charge in [0.1, 0.15) is 11.2 Å². The molecule has 0 aliphatic rings. The van der Waals surface area contributed by atoms with E-state index in [0.717, 1.165) is 61.4 Å². The zero-order valence-corrected chi connectivity index (χ0v) is 34.4. The average molecular weight is 805 g/mol. The highest BCUT2D eigenvalue weighted by Crippen LogP contribution is 2.41. The van der Waals surface area contributed by atoms with Gasteiger partial charge in [0.2, 0.25) is 0 Å². The summed E-state index contributed by atoms with van der Waals surface area (Å²) in [5.74, 6) is 0. The van der Waals surface area contributed by atoms with Gasteiger partial charge in [-0.2, -0.15) is 0 Å². The summed E-state index contributed by atoms with van der Waals surface area (Å²) < 4.78 is 8.80. The van der Waals surface area contributed by atoms with E-state index >= 15 is 0 Å². The van der Waals surface area contributed by atoms with Crippen molar-refractivity contribution < 1.29 is 4.42 Å². The molecule has 0 atom stereocenters. The maximum Gasteiger partial charge on any atom is 0.143 e. The molecule has 0 saturated carbocycles. The van der Waals surface area contributed by atoms with Crippen LogP contribution in [0.3, 0.4) is 0 Å². The van der Waals surface area contributed by atoms with Gasteiger partial charge < -0.3 is 13.9 Å². The molecule has 3 nitrogen and oxygen atoms in total. The summed E-state index contributed by atoms with van der Waals surface area (Å²) in [5.41, 5.74) is 17.9. The van der Waals surface area contributed by atoms with Crippen LogP contribution in [0, 0.1) is 0 Å². The van der Waals surface area contributed by atoms with Crippen molar-refractivity contribution in [3.05, 3.63) is 243 Å². The monoisotopic (exact) mass is 804 g/mol. The lowest BCUT2D eigenvalue weighted by atomic mass is 9.98. The number of para-hydroxylation sites is 4. The van der Waals surface area contributed by atoms with Crippen LogP contribution in [0.1, 0.15) is 0 Å². The van der Waals surface area contributed by atoms with Crippen molar-refractivity contribution in [1.29, 1.82) is 0 Å². The number of rotatable bonds is 8. The second-order valence-corrected chi connectivity index (χ2v) is 16.1. The van der Waals surface area contributed by atoms with E-state index < -0.39 is 0 Å². The Morgan fingerprint density at radius 1 is 0.302 bits per heavy atom. The molecule has 0 radical (unpaired) electrons. The standard InChI is InChI=1S/C60H40N2O/c1-2-13-41(14-3-1)42-27-33-48(34-28-42)61(50-37-31-44(32-38-50)52-22-12-23-56-55-21-6-9-26-59(55)63-60(52)56)49-35-29-43(30-36-49)45-15-10-16-46(39-45)47-17-11-18-51(40-47)62-57-24-7-4-19-53(57)54-20-5-8-25-58(54)62/h1-40H. The van der Waals surface area contributed by atoms with E-state index in [1.807, 2.05) is 12.1 Å². The first-order valence-corrected chi connectivity index (χ1v) is 21.5. The zero-order valence-electron chi connectivity index (χ0n) is 34.4. The third-order valence-electron chi connectivity index (χ3n) is 12.4. The lowest BCUT2D eigenvalue weighted by Gasteiger charge is -2.26. The molecule has 2 heterocycles. The van der Waals surface area contributed by atoms with E-state index in [1.165, 1.54) is 49.6 Å². The quantitative estimate of drug-likeness (QED) is 0.153. The molecule has 0 N–H and O–H groups in total. The van der Waals surface area contributed by atoms with Crippen LogP contribution in [-0.2, 0) is 0 Å². The molecular formula is C60H40N2O. The molecule has 296 valence electrons. The Morgan fingerprint density at radius 2 is 0.746 bits per heavy atom. The summed E-state index contributed by atoms with van der Waals surface area (Å²) in [6.45, 7) is 0. The summed E-state index contributed by atoms with van der Waals surface area (Å²) in [6, 6.07) is 87.0. The average Bonchev–Trinajstić information content (AvgIpc) is 3.91. The number of nitrogens with zero attached hydrogens (tertiary/aromatic N) is 2. The minimum absolute atomic E-state index is 0.904. The van der Waals surface area contributed by atoms with Gasteiger partial charge in [0.25, 0.3) is 0 Å². The van der Waals surface area contributed by atoms with E-state index in [0.29, 0.717) is 0 Å². The first kappa shape index (κ1) is 36.5. The SMILES string of the molecule is c1ccc(-c2ccc(N(c3ccc(-c4cccc(-c5cccc(-n6c7ccccc7c7ccccc76)c5)c4)cc3)c3ccc(-c4cccc5c4oc4ccccc45)cc3)cc2)cc1. The van der Waals surface area contributed by atoms with Crippen molar-refractivity contribution in [1.82, 2.24) is 4.57 Å². The van der Waals surface area contributed by atoms with Gasteiger partial charge in [0, 0.05) is 49.9 Å². The third-order valence-corrected chi connectivity index (χ3v) is 12.4. The number of aromatic nitrogens is 1. The molecule has 10 aromatic carbocycles. The Labute approximate surface area is 366 Å². The van der Waals surface area contributed by atoms with Crippen molar-refractivity contribution >= 4 is 60.8 Å². The molecule has 12 rings (SSSR count). The largest absolute Gasteiger partial charge is 0.455 e. The molecule has 0 spiro atoms. The molecule has 0 unspecified atom stereocenters. The maximum absolute atomic E-state index is 6.42. The second-order valence-electron chi connectivity index (χ2n) is 16.1. The molecule has 2 aromatic heterocycles. The fraction of sp³-hybridized carbons (Fsp3) is 0. The van der Waals surface area contributed by atoms with Crippen molar-refractivity contribution in [2.24, 2.45) is 0 Å². The smallest absolute Gasteiger partial charge is 0.143 e. The van der Waals surface area contributed by atoms with Gasteiger partial charge >= 0.3 is 0 Å². The van der Waals surface area contributed by atoms with E-state index in [9.17, 15) is 0 Å². The van der Waals surface area contributed by atoms with Crippen molar-refractivity contribution in [3.8, 4) is 50.2 Å². The lowest BCUT2D eigenvalue weighted by molar-refractivity contribution is 0.670. The Morgan fingerprint density at radius 3 is 1.40 bits per heavy atom. The minimum Gasteiger partial charge on any atom is -0.455 e. The van der Waals surface area contributed by atoms with E-state index in [2.05, 4.69) is 240 Å². The van der Waals surface area contributed by atoms with Gasteiger partial charge in [-0.25, -0.2) is 0 Å². The van der Waals surface area contributed by atoms with Gasteiger partial charge in [0.15, 0.2) is 0 Å². The number of hydrogen-bond donors (Lipinski definition) is 0. The fourth-order valence-electron chi connectivity index (χ4n) is 9.35. The fourth-order valence-corrected chi connectivity index (χ4v) is 9.35. The van der Waals surface area contributed by atoms with Gasteiger partial charge in [0.05, 0.1) is 11.0 Å². The number of furan rings is 1. The number of anilines is 3.